The van der Waals surface area contributed by atoms with Gasteiger partial charge in [-0.25, -0.2) is 4.39 Å². The Balaban J connectivity index is 2.34. The zero-order chi connectivity index (χ0) is 6.69. The number of hydrogen-bond acceptors (Lipinski definition) is 1. The SMILES string of the molecule is O=S1CCCC(F)CC1. The Morgan fingerprint density at radius 2 is 2.11 bits per heavy atom. The molecule has 1 rings (SSSR count). The van der Waals surface area contributed by atoms with Crippen LogP contribution in [0.4, 0.5) is 4.39 Å². The summed E-state index contributed by atoms with van der Waals surface area (Å²) in [5.74, 6) is 1.28. The van der Waals surface area contributed by atoms with E-state index in [0.717, 1.165) is 6.42 Å². The van der Waals surface area contributed by atoms with E-state index < -0.39 is 17.0 Å². The molecule has 2 unspecified atom stereocenters. The monoisotopic (exact) mass is 150 g/mol. The van der Waals surface area contributed by atoms with Crippen LogP contribution in [0.15, 0.2) is 0 Å². The van der Waals surface area contributed by atoms with E-state index in [0.29, 0.717) is 24.3 Å². The second-order valence-corrected chi connectivity index (χ2v) is 4.07. The van der Waals surface area contributed by atoms with Gasteiger partial charge < -0.3 is 0 Å². The Kier molecular flexibility index (Phi) is 2.64. The molecule has 0 bridgehead atoms. The van der Waals surface area contributed by atoms with Gasteiger partial charge in [0.05, 0.1) is 0 Å². The molecule has 0 aromatic rings. The second-order valence-electron chi connectivity index (χ2n) is 2.38. The minimum Gasteiger partial charge on any atom is -0.260 e. The summed E-state index contributed by atoms with van der Waals surface area (Å²) in [6.45, 7) is 0. The van der Waals surface area contributed by atoms with E-state index in [9.17, 15) is 8.60 Å². The average molecular weight is 150 g/mol. The fourth-order valence-electron chi connectivity index (χ4n) is 0.972. The minimum absolute atomic E-state index is 0.507. The molecule has 1 fully saturated rings. The van der Waals surface area contributed by atoms with Crippen molar-refractivity contribution in [2.24, 2.45) is 0 Å². The van der Waals surface area contributed by atoms with E-state index in [1.165, 1.54) is 0 Å². The summed E-state index contributed by atoms with van der Waals surface area (Å²) in [5, 5.41) is 0. The fraction of sp³-hybridized carbons (Fsp3) is 1.00. The minimum atomic E-state index is -0.718. The number of hydrogen-bond donors (Lipinski definition) is 0. The molecule has 3 heteroatoms. The van der Waals surface area contributed by atoms with Crippen molar-refractivity contribution in [1.82, 2.24) is 0 Å². The fourth-order valence-corrected chi connectivity index (χ4v) is 2.18. The summed E-state index contributed by atoms with van der Waals surface area (Å²) in [4.78, 5) is 0. The molecule has 1 aliphatic rings. The summed E-state index contributed by atoms with van der Waals surface area (Å²) >= 11 is 0. The molecule has 9 heavy (non-hydrogen) atoms. The smallest absolute Gasteiger partial charge is 0.101 e. The van der Waals surface area contributed by atoms with E-state index in [4.69, 9.17) is 0 Å². The predicted octanol–water partition coefficient (Wildman–Crippen LogP) is 1.26. The van der Waals surface area contributed by atoms with Gasteiger partial charge in [0.2, 0.25) is 0 Å². The molecule has 0 aliphatic carbocycles. The van der Waals surface area contributed by atoms with Crippen molar-refractivity contribution in [2.45, 2.75) is 25.4 Å². The van der Waals surface area contributed by atoms with Gasteiger partial charge in [-0.05, 0) is 19.3 Å². The molecule has 54 valence electrons. The van der Waals surface area contributed by atoms with Crippen LogP contribution in [-0.2, 0) is 10.8 Å². The lowest BCUT2D eigenvalue weighted by Crippen LogP contribution is -2.01. The molecule has 0 aromatic carbocycles. The second kappa shape index (κ2) is 3.30. The van der Waals surface area contributed by atoms with Gasteiger partial charge in [0, 0.05) is 22.3 Å². The van der Waals surface area contributed by atoms with E-state index in [2.05, 4.69) is 0 Å². The number of rotatable bonds is 0. The predicted molar refractivity (Wildman–Crippen MR) is 36.6 cm³/mol. The van der Waals surface area contributed by atoms with Crippen molar-refractivity contribution < 1.29 is 8.60 Å². The zero-order valence-corrected chi connectivity index (χ0v) is 6.12. The number of halogens is 1. The van der Waals surface area contributed by atoms with Crippen molar-refractivity contribution in [3.05, 3.63) is 0 Å². The highest BCUT2D eigenvalue weighted by molar-refractivity contribution is 7.84. The molecular weight excluding hydrogens is 139 g/mol. The summed E-state index contributed by atoms with van der Waals surface area (Å²) in [7, 11) is -0.718. The first kappa shape index (κ1) is 7.19. The molecule has 1 aliphatic heterocycles. The van der Waals surface area contributed by atoms with E-state index in [-0.39, 0.29) is 0 Å². The third-order valence-corrected chi connectivity index (χ3v) is 2.98. The first-order valence-electron chi connectivity index (χ1n) is 3.28. The van der Waals surface area contributed by atoms with Gasteiger partial charge in [-0.15, -0.1) is 0 Å². The van der Waals surface area contributed by atoms with Crippen LogP contribution >= 0.6 is 0 Å². The van der Waals surface area contributed by atoms with Gasteiger partial charge in [-0.2, -0.15) is 0 Å². The average Bonchev–Trinajstić information content (AvgIpc) is 1.97. The molecule has 0 amide bonds. The van der Waals surface area contributed by atoms with Crippen molar-refractivity contribution in [3.63, 3.8) is 0 Å². The van der Waals surface area contributed by atoms with E-state index in [1.54, 1.807) is 0 Å². The third-order valence-electron chi connectivity index (χ3n) is 1.55. The van der Waals surface area contributed by atoms with Crippen LogP contribution in [0.3, 0.4) is 0 Å². The highest BCUT2D eigenvalue weighted by atomic mass is 32.2. The van der Waals surface area contributed by atoms with Crippen LogP contribution in [0.1, 0.15) is 19.3 Å². The van der Waals surface area contributed by atoms with Crippen molar-refractivity contribution in [1.29, 1.82) is 0 Å². The van der Waals surface area contributed by atoms with E-state index >= 15 is 0 Å². The molecule has 1 saturated heterocycles. The maximum Gasteiger partial charge on any atom is 0.101 e. The highest BCUT2D eigenvalue weighted by Crippen LogP contribution is 2.12. The molecule has 0 aromatic heterocycles. The Morgan fingerprint density at radius 3 is 2.89 bits per heavy atom. The lowest BCUT2D eigenvalue weighted by molar-refractivity contribution is 0.309. The van der Waals surface area contributed by atoms with Gasteiger partial charge in [0.25, 0.3) is 0 Å². The quantitative estimate of drug-likeness (QED) is 0.508. The van der Waals surface area contributed by atoms with Crippen LogP contribution < -0.4 is 0 Å². The third kappa shape index (κ3) is 2.43. The Morgan fingerprint density at radius 1 is 1.33 bits per heavy atom. The van der Waals surface area contributed by atoms with Gasteiger partial charge in [-0.1, -0.05) is 0 Å². The summed E-state index contributed by atoms with van der Waals surface area (Å²) < 4.78 is 23.3. The van der Waals surface area contributed by atoms with Crippen LogP contribution in [0.5, 0.6) is 0 Å². The largest absolute Gasteiger partial charge is 0.260 e. The van der Waals surface area contributed by atoms with Crippen molar-refractivity contribution in [3.8, 4) is 0 Å². The van der Waals surface area contributed by atoms with Gasteiger partial charge in [0.15, 0.2) is 0 Å². The maximum absolute atomic E-state index is 12.5. The zero-order valence-electron chi connectivity index (χ0n) is 5.31. The van der Waals surface area contributed by atoms with Gasteiger partial charge in [0.1, 0.15) is 6.17 Å². The Labute approximate surface area is 57.1 Å². The van der Waals surface area contributed by atoms with E-state index in [1.807, 2.05) is 0 Å². The molecule has 0 saturated carbocycles. The van der Waals surface area contributed by atoms with Crippen molar-refractivity contribution >= 4 is 10.8 Å². The number of alkyl halides is 1. The van der Waals surface area contributed by atoms with Crippen LogP contribution in [0.25, 0.3) is 0 Å². The highest BCUT2D eigenvalue weighted by Gasteiger charge is 2.13. The van der Waals surface area contributed by atoms with Gasteiger partial charge >= 0.3 is 0 Å². The maximum atomic E-state index is 12.5. The molecule has 0 N–H and O–H groups in total. The molecular formula is C6H11FOS. The lowest BCUT2D eigenvalue weighted by atomic mass is 10.2. The summed E-state index contributed by atoms with van der Waals surface area (Å²) in [6, 6.07) is 0. The molecule has 0 radical (unpaired) electrons. The Hall–Kier alpha value is 0.0800. The topological polar surface area (TPSA) is 17.1 Å². The van der Waals surface area contributed by atoms with Crippen LogP contribution in [0, 0.1) is 0 Å². The molecule has 0 spiro atoms. The summed E-state index contributed by atoms with van der Waals surface area (Å²) in [5.41, 5.74) is 0. The Bertz CT molecular complexity index is 116. The lowest BCUT2D eigenvalue weighted by Gasteiger charge is -1.97. The standard InChI is InChI=1S/C6H11FOS/c7-6-2-1-4-9(8)5-3-6/h6H,1-5H2. The first-order valence-corrected chi connectivity index (χ1v) is 4.77. The normalized spacial score (nSPS) is 37.9. The van der Waals surface area contributed by atoms with Gasteiger partial charge in [-0.3, -0.25) is 4.21 Å². The molecule has 2 atom stereocenters. The first-order chi connectivity index (χ1) is 4.29. The van der Waals surface area contributed by atoms with Crippen molar-refractivity contribution in [2.75, 3.05) is 11.5 Å². The molecule has 1 nitrogen and oxygen atoms in total. The van der Waals surface area contributed by atoms with Crippen LogP contribution in [-0.4, -0.2) is 21.9 Å². The summed E-state index contributed by atoms with van der Waals surface area (Å²) in [6.07, 6.45) is 1.24. The van der Waals surface area contributed by atoms with Crippen LogP contribution in [0.2, 0.25) is 0 Å². The molecule has 1 heterocycles.